The van der Waals surface area contributed by atoms with Gasteiger partial charge < -0.3 is 9.64 Å². The number of fused-ring (bicyclic) bond motifs is 1. The van der Waals surface area contributed by atoms with Crippen molar-refractivity contribution in [2.24, 2.45) is 0 Å². The first kappa shape index (κ1) is 21.0. The van der Waals surface area contributed by atoms with Crippen molar-refractivity contribution in [3.63, 3.8) is 0 Å². The molecule has 8 heteroatoms. The summed E-state index contributed by atoms with van der Waals surface area (Å²) >= 11 is 1.41. The van der Waals surface area contributed by atoms with E-state index in [0.29, 0.717) is 36.0 Å². The van der Waals surface area contributed by atoms with Crippen molar-refractivity contribution in [1.82, 2.24) is 14.8 Å². The summed E-state index contributed by atoms with van der Waals surface area (Å²) < 4.78 is 6.21. The van der Waals surface area contributed by atoms with Gasteiger partial charge in [0, 0.05) is 37.3 Å². The lowest BCUT2D eigenvalue weighted by molar-refractivity contribution is 0.0501. The molecule has 1 aliphatic rings. The van der Waals surface area contributed by atoms with Crippen LogP contribution in [0.15, 0.2) is 48.5 Å². The molecule has 1 saturated heterocycles. The Labute approximate surface area is 185 Å². The Hall–Kier alpha value is -3.28. The number of ether oxygens (including phenoxy) is 1. The summed E-state index contributed by atoms with van der Waals surface area (Å²) in [5.41, 5.74) is 1.63. The number of piperazine rings is 1. The standard InChI is InChI=1S/C23H23N5O2S/c1-15-14-27(23(29)16-7-5-4-6-8-16)11-12-28(15)21(25-2)20(24)22-26-18-13-17(30-3)9-10-19(18)31-22/h4-10,13,15,21,24H,11-12,14H2,1,3H3. The molecule has 0 aliphatic carbocycles. The van der Waals surface area contributed by atoms with Crippen molar-refractivity contribution in [3.8, 4) is 5.75 Å². The molecule has 7 nitrogen and oxygen atoms in total. The maximum Gasteiger partial charge on any atom is 0.324 e. The number of methoxy groups -OCH3 is 1. The lowest BCUT2D eigenvalue weighted by atomic mass is 10.1. The van der Waals surface area contributed by atoms with Crippen LogP contribution in [-0.4, -0.2) is 65.4 Å². The van der Waals surface area contributed by atoms with Gasteiger partial charge >= 0.3 is 6.17 Å². The van der Waals surface area contributed by atoms with Crippen LogP contribution in [0.1, 0.15) is 22.3 Å². The number of hydrogen-bond acceptors (Lipinski definition) is 6. The highest BCUT2D eigenvalue weighted by atomic mass is 32.1. The molecule has 1 amide bonds. The second-order valence-electron chi connectivity index (χ2n) is 7.47. The molecule has 0 radical (unpaired) electrons. The highest BCUT2D eigenvalue weighted by Gasteiger charge is 2.38. The van der Waals surface area contributed by atoms with E-state index in [9.17, 15) is 4.79 Å². The van der Waals surface area contributed by atoms with Gasteiger partial charge in [0.15, 0.2) is 5.71 Å². The number of nitrogens with zero attached hydrogens (tertiary/aromatic N) is 4. The Morgan fingerprint density at radius 1 is 1.29 bits per heavy atom. The largest absolute Gasteiger partial charge is 0.497 e. The number of carbonyl (C=O) groups excluding carboxylic acids is 1. The lowest BCUT2D eigenvalue weighted by Gasteiger charge is -2.39. The first-order valence-corrected chi connectivity index (χ1v) is 10.8. The molecule has 4 rings (SSSR count). The van der Waals surface area contributed by atoms with E-state index >= 15 is 0 Å². The average Bonchev–Trinajstić information content (AvgIpc) is 3.23. The van der Waals surface area contributed by atoms with Gasteiger partial charge in [0.2, 0.25) is 0 Å². The van der Waals surface area contributed by atoms with E-state index in [2.05, 4.69) is 9.83 Å². The molecule has 0 saturated carbocycles. The number of carbonyl (C=O) groups is 1. The molecule has 1 aliphatic heterocycles. The molecule has 3 aromatic rings. The molecule has 1 aromatic heterocycles. The Balaban J connectivity index is 1.50. The zero-order valence-corrected chi connectivity index (χ0v) is 18.2. The van der Waals surface area contributed by atoms with E-state index in [1.54, 1.807) is 7.11 Å². The zero-order valence-electron chi connectivity index (χ0n) is 17.4. The number of aromatic nitrogens is 1. The van der Waals surface area contributed by atoms with Crippen molar-refractivity contribution in [3.05, 3.63) is 70.5 Å². The Kier molecular flexibility index (Phi) is 5.98. The molecule has 2 atom stereocenters. The number of nitrogens with one attached hydrogen (secondary N) is 1. The number of rotatable bonds is 5. The molecule has 2 aromatic carbocycles. The summed E-state index contributed by atoms with van der Waals surface area (Å²) in [5.74, 6) is 0.715. The molecule has 31 heavy (non-hydrogen) atoms. The highest BCUT2D eigenvalue weighted by molar-refractivity contribution is 7.20. The van der Waals surface area contributed by atoms with Gasteiger partial charge in [-0.2, -0.15) is 0 Å². The fourth-order valence-electron chi connectivity index (χ4n) is 3.85. The normalized spacial score (nSPS) is 17.8. The minimum absolute atomic E-state index is 0.00154. The summed E-state index contributed by atoms with van der Waals surface area (Å²) in [5, 5.41) is 9.24. The average molecular weight is 434 g/mol. The van der Waals surface area contributed by atoms with Gasteiger partial charge in [-0.05, 0) is 31.2 Å². The SMILES string of the molecule is [C-]#[N+]C(C(=N)c1nc2cc(OC)ccc2s1)N1CCN(C(=O)c2ccccc2)CC1C. The minimum atomic E-state index is -0.730. The van der Waals surface area contributed by atoms with Crippen LogP contribution in [0.4, 0.5) is 0 Å². The van der Waals surface area contributed by atoms with Crippen LogP contribution in [-0.2, 0) is 0 Å². The summed E-state index contributed by atoms with van der Waals surface area (Å²) in [7, 11) is 1.61. The van der Waals surface area contributed by atoms with Crippen LogP contribution in [0.25, 0.3) is 15.1 Å². The van der Waals surface area contributed by atoms with Gasteiger partial charge in [-0.3, -0.25) is 15.0 Å². The molecule has 158 valence electrons. The third-order valence-corrected chi connectivity index (χ3v) is 6.58. The predicted molar refractivity (Wildman–Crippen MR) is 122 cm³/mol. The van der Waals surface area contributed by atoms with Crippen molar-refractivity contribution in [2.45, 2.75) is 19.1 Å². The van der Waals surface area contributed by atoms with E-state index in [-0.39, 0.29) is 17.7 Å². The molecule has 0 bridgehead atoms. The number of amides is 1. The maximum absolute atomic E-state index is 12.8. The molecule has 2 heterocycles. The topological polar surface area (TPSA) is 73.9 Å². The van der Waals surface area contributed by atoms with Crippen molar-refractivity contribution < 1.29 is 9.53 Å². The van der Waals surface area contributed by atoms with Crippen LogP contribution in [0.5, 0.6) is 5.75 Å². The summed E-state index contributed by atoms with van der Waals surface area (Å²) in [6, 6.07) is 14.8. The van der Waals surface area contributed by atoms with Crippen molar-refractivity contribution in [1.29, 1.82) is 5.41 Å². The lowest BCUT2D eigenvalue weighted by Crippen LogP contribution is -2.57. The highest BCUT2D eigenvalue weighted by Crippen LogP contribution is 2.28. The van der Waals surface area contributed by atoms with Crippen LogP contribution in [0, 0.1) is 12.0 Å². The predicted octanol–water partition coefficient (Wildman–Crippen LogP) is 3.76. The van der Waals surface area contributed by atoms with Crippen LogP contribution >= 0.6 is 11.3 Å². The first-order valence-electron chi connectivity index (χ1n) is 10.0. The molecule has 2 unspecified atom stereocenters. The molecular formula is C23H23N5O2S. The maximum atomic E-state index is 12.8. The monoisotopic (exact) mass is 433 g/mol. The molecule has 1 N–H and O–H groups in total. The Bertz CT molecular complexity index is 1150. The quantitative estimate of drug-likeness (QED) is 0.491. The van der Waals surface area contributed by atoms with Gasteiger partial charge in [-0.25, -0.2) is 16.5 Å². The minimum Gasteiger partial charge on any atom is -0.497 e. The van der Waals surface area contributed by atoms with Crippen molar-refractivity contribution >= 4 is 33.2 Å². The van der Waals surface area contributed by atoms with Gasteiger partial charge in [-0.15, -0.1) is 11.3 Å². The fraction of sp³-hybridized carbons (Fsp3) is 0.304. The van der Waals surface area contributed by atoms with Crippen molar-refractivity contribution in [2.75, 3.05) is 26.7 Å². The van der Waals surface area contributed by atoms with Crippen LogP contribution in [0.2, 0.25) is 0 Å². The van der Waals surface area contributed by atoms with Gasteiger partial charge in [0.05, 0.1) is 17.3 Å². The van der Waals surface area contributed by atoms with E-state index in [0.717, 1.165) is 10.2 Å². The van der Waals surface area contributed by atoms with Gasteiger partial charge in [-0.1, -0.05) is 18.2 Å². The second kappa shape index (κ2) is 8.84. The fourth-order valence-corrected chi connectivity index (χ4v) is 4.76. The van der Waals surface area contributed by atoms with E-state index in [4.69, 9.17) is 16.7 Å². The third kappa shape index (κ3) is 4.15. The third-order valence-electron chi connectivity index (χ3n) is 5.51. The Morgan fingerprint density at radius 3 is 2.74 bits per heavy atom. The van der Waals surface area contributed by atoms with E-state index < -0.39 is 6.17 Å². The summed E-state index contributed by atoms with van der Waals surface area (Å²) in [6.07, 6.45) is -0.730. The van der Waals surface area contributed by atoms with Crippen LogP contribution in [0.3, 0.4) is 0 Å². The van der Waals surface area contributed by atoms with Crippen LogP contribution < -0.4 is 4.74 Å². The van der Waals surface area contributed by atoms with E-state index in [1.807, 2.05) is 65.3 Å². The summed E-state index contributed by atoms with van der Waals surface area (Å²) in [6.45, 7) is 11.3. The zero-order chi connectivity index (χ0) is 22.0. The Morgan fingerprint density at radius 2 is 2.06 bits per heavy atom. The summed E-state index contributed by atoms with van der Waals surface area (Å²) in [4.78, 5) is 24.9. The second-order valence-corrected chi connectivity index (χ2v) is 8.50. The van der Waals surface area contributed by atoms with Gasteiger partial charge in [0.1, 0.15) is 10.8 Å². The number of hydrogen-bond donors (Lipinski definition) is 1. The smallest absolute Gasteiger partial charge is 0.324 e. The number of thiazole rings is 1. The first-order chi connectivity index (χ1) is 15.0. The van der Waals surface area contributed by atoms with E-state index in [1.165, 1.54) is 11.3 Å². The molecule has 0 spiro atoms. The van der Waals surface area contributed by atoms with Gasteiger partial charge in [0.25, 0.3) is 5.91 Å². The number of benzene rings is 2. The molecule has 1 fully saturated rings. The molecular weight excluding hydrogens is 410 g/mol.